The number of hydrogen-bond donors (Lipinski definition) is 0. The van der Waals surface area contributed by atoms with Crippen LogP contribution in [0.5, 0.6) is 0 Å². The summed E-state index contributed by atoms with van der Waals surface area (Å²) in [4.78, 5) is 15.3. The van der Waals surface area contributed by atoms with Gasteiger partial charge in [-0.05, 0) is 29.8 Å². The number of amides is 1. The molecule has 0 saturated carbocycles. The lowest BCUT2D eigenvalue weighted by Crippen LogP contribution is -2.42. The number of nitrogens with zero attached hydrogens (tertiary/aromatic N) is 1. The Balaban J connectivity index is 1.53. The van der Waals surface area contributed by atoms with E-state index in [2.05, 4.69) is 0 Å². The summed E-state index contributed by atoms with van der Waals surface area (Å²) in [7, 11) is 0. The summed E-state index contributed by atoms with van der Waals surface area (Å²) in [6.45, 7) is 1.25. The lowest BCUT2D eigenvalue weighted by molar-refractivity contribution is -0.138. The van der Waals surface area contributed by atoms with Crippen LogP contribution in [-0.2, 0) is 15.7 Å². The lowest BCUT2D eigenvalue weighted by atomic mass is 10.0. The van der Waals surface area contributed by atoms with Gasteiger partial charge in [0.05, 0.1) is 18.7 Å². The van der Waals surface area contributed by atoms with E-state index in [0.717, 1.165) is 17.0 Å². The molecular weight excluding hydrogens is 375 g/mol. The van der Waals surface area contributed by atoms with Crippen molar-refractivity contribution in [3.8, 4) is 0 Å². The van der Waals surface area contributed by atoms with Crippen LogP contribution in [0.15, 0.2) is 59.5 Å². The highest BCUT2D eigenvalue weighted by Gasteiger charge is 2.31. The maximum atomic E-state index is 12.7. The Bertz CT molecular complexity index is 750. The molecule has 0 spiro atoms. The molecule has 0 aromatic heterocycles. The van der Waals surface area contributed by atoms with Gasteiger partial charge in [0, 0.05) is 23.6 Å². The molecule has 144 valence electrons. The molecule has 3 rings (SSSR count). The fourth-order valence-corrected chi connectivity index (χ4v) is 3.76. The van der Waals surface area contributed by atoms with Crippen LogP contribution in [-0.4, -0.2) is 36.3 Å². The van der Waals surface area contributed by atoms with Crippen LogP contribution in [0.4, 0.5) is 13.2 Å². The molecule has 0 bridgehead atoms. The molecule has 1 aliphatic rings. The van der Waals surface area contributed by atoms with Crippen molar-refractivity contribution in [2.75, 3.05) is 25.4 Å². The number of rotatable bonds is 5. The molecule has 1 fully saturated rings. The van der Waals surface area contributed by atoms with Crippen LogP contribution >= 0.6 is 11.8 Å². The summed E-state index contributed by atoms with van der Waals surface area (Å²) >= 11 is 1.63. The first-order valence-corrected chi connectivity index (χ1v) is 9.66. The number of carbonyl (C=O) groups excluding carboxylic acids is 1. The van der Waals surface area contributed by atoms with Crippen molar-refractivity contribution in [1.82, 2.24) is 4.90 Å². The molecule has 1 saturated heterocycles. The van der Waals surface area contributed by atoms with Gasteiger partial charge in [-0.1, -0.05) is 30.3 Å². The first-order valence-electron chi connectivity index (χ1n) is 8.68. The second kappa shape index (κ2) is 8.80. The van der Waals surface area contributed by atoms with E-state index in [1.54, 1.807) is 16.7 Å². The third kappa shape index (κ3) is 5.49. The van der Waals surface area contributed by atoms with Crippen molar-refractivity contribution in [3.63, 3.8) is 0 Å². The second-order valence-electron chi connectivity index (χ2n) is 6.23. The lowest BCUT2D eigenvalue weighted by Gasteiger charge is -2.33. The molecule has 0 aliphatic carbocycles. The fourth-order valence-electron chi connectivity index (χ4n) is 2.90. The Morgan fingerprint density at radius 3 is 2.48 bits per heavy atom. The van der Waals surface area contributed by atoms with E-state index in [1.807, 2.05) is 30.3 Å². The van der Waals surface area contributed by atoms with Crippen LogP contribution in [0.3, 0.4) is 0 Å². The standard InChI is InChI=1S/C20H20F3NO2S/c21-20(22,23)16-8-6-15(7-9-16)18-14-24(11-12-26-18)19(25)10-13-27-17-4-2-1-3-5-17/h1-9,18H,10-14H2/t18-/m0/s1. The van der Waals surface area contributed by atoms with E-state index in [-0.39, 0.29) is 5.91 Å². The molecule has 0 N–H and O–H groups in total. The van der Waals surface area contributed by atoms with E-state index in [1.165, 1.54) is 12.1 Å². The van der Waals surface area contributed by atoms with Gasteiger partial charge in [0.1, 0.15) is 6.10 Å². The van der Waals surface area contributed by atoms with E-state index in [4.69, 9.17) is 4.74 Å². The number of carbonyl (C=O) groups is 1. The SMILES string of the molecule is O=C(CCSc1ccccc1)N1CCO[C@H](c2ccc(C(F)(F)F)cc2)C1. The Morgan fingerprint density at radius 2 is 1.81 bits per heavy atom. The van der Waals surface area contributed by atoms with Gasteiger partial charge in [0.15, 0.2) is 0 Å². The zero-order valence-electron chi connectivity index (χ0n) is 14.6. The van der Waals surface area contributed by atoms with E-state index < -0.39 is 17.8 Å². The van der Waals surface area contributed by atoms with Crippen molar-refractivity contribution >= 4 is 17.7 Å². The predicted molar refractivity (Wildman–Crippen MR) is 98.5 cm³/mol. The van der Waals surface area contributed by atoms with Gasteiger partial charge in [-0.2, -0.15) is 13.2 Å². The molecule has 7 heteroatoms. The monoisotopic (exact) mass is 395 g/mol. The van der Waals surface area contributed by atoms with Gasteiger partial charge < -0.3 is 9.64 Å². The van der Waals surface area contributed by atoms with Gasteiger partial charge in [-0.25, -0.2) is 0 Å². The van der Waals surface area contributed by atoms with Crippen LogP contribution in [0.1, 0.15) is 23.7 Å². The van der Waals surface area contributed by atoms with Gasteiger partial charge >= 0.3 is 6.18 Å². The Morgan fingerprint density at radius 1 is 1.11 bits per heavy atom. The molecule has 2 aromatic carbocycles. The number of benzene rings is 2. The van der Waals surface area contributed by atoms with Crippen molar-refractivity contribution in [2.45, 2.75) is 23.6 Å². The minimum atomic E-state index is -4.36. The summed E-state index contributed by atoms with van der Waals surface area (Å²) in [6, 6.07) is 14.8. The fraction of sp³-hybridized carbons (Fsp3) is 0.350. The van der Waals surface area contributed by atoms with Gasteiger partial charge in [-0.15, -0.1) is 11.8 Å². The Kier molecular flexibility index (Phi) is 6.44. The second-order valence-corrected chi connectivity index (χ2v) is 7.40. The number of ether oxygens (including phenoxy) is 1. The minimum absolute atomic E-state index is 0.0404. The highest BCUT2D eigenvalue weighted by atomic mass is 32.2. The summed E-state index contributed by atoms with van der Waals surface area (Å²) in [5.74, 6) is 0.726. The molecule has 0 radical (unpaired) electrons. The summed E-state index contributed by atoms with van der Waals surface area (Å²) < 4.78 is 43.7. The number of hydrogen-bond acceptors (Lipinski definition) is 3. The van der Waals surface area contributed by atoms with Crippen LogP contribution in [0.2, 0.25) is 0 Å². The zero-order chi connectivity index (χ0) is 19.3. The van der Waals surface area contributed by atoms with Crippen LogP contribution in [0, 0.1) is 0 Å². The van der Waals surface area contributed by atoms with E-state index in [9.17, 15) is 18.0 Å². The molecule has 0 unspecified atom stereocenters. The summed E-state index contributed by atoms with van der Waals surface area (Å²) in [5, 5.41) is 0. The van der Waals surface area contributed by atoms with E-state index >= 15 is 0 Å². The van der Waals surface area contributed by atoms with E-state index in [0.29, 0.717) is 37.4 Å². The van der Waals surface area contributed by atoms with Gasteiger partial charge in [0.2, 0.25) is 5.91 Å². The predicted octanol–water partition coefficient (Wildman–Crippen LogP) is 4.79. The third-order valence-electron chi connectivity index (χ3n) is 4.36. The molecule has 1 heterocycles. The highest BCUT2D eigenvalue weighted by Crippen LogP contribution is 2.31. The number of thioether (sulfide) groups is 1. The summed E-state index contributed by atoms with van der Waals surface area (Å²) in [5.41, 5.74) is -0.0351. The molecule has 1 aliphatic heterocycles. The minimum Gasteiger partial charge on any atom is -0.370 e. The molecule has 1 atom stereocenters. The van der Waals surface area contributed by atoms with Gasteiger partial charge in [-0.3, -0.25) is 4.79 Å². The summed E-state index contributed by atoms with van der Waals surface area (Å²) in [6.07, 6.45) is -4.34. The van der Waals surface area contributed by atoms with Crippen molar-refractivity contribution in [3.05, 3.63) is 65.7 Å². The third-order valence-corrected chi connectivity index (χ3v) is 5.37. The molecule has 2 aromatic rings. The molecular formula is C20H20F3NO2S. The highest BCUT2D eigenvalue weighted by molar-refractivity contribution is 7.99. The number of alkyl halides is 3. The average Bonchev–Trinajstić information content (AvgIpc) is 2.68. The molecule has 27 heavy (non-hydrogen) atoms. The average molecular weight is 395 g/mol. The maximum Gasteiger partial charge on any atom is 0.416 e. The Hall–Kier alpha value is -1.99. The van der Waals surface area contributed by atoms with Crippen LogP contribution in [0.25, 0.3) is 0 Å². The maximum absolute atomic E-state index is 12.7. The number of morpholine rings is 1. The molecule has 3 nitrogen and oxygen atoms in total. The zero-order valence-corrected chi connectivity index (χ0v) is 15.4. The Labute approximate surface area is 160 Å². The number of halogens is 3. The largest absolute Gasteiger partial charge is 0.416 e. The topological polar surface area (TPSA) is 29.5 Å². The van der Waals surface area contributed by atoms with Crippen LogP contribution < -0.4 is 0 Å². The van der Waals surface area contributed by atoms with Gasteiger partial charge in [0.25, 0.3) is 0 Å². The normalized spacial score (nSPS) is 17.7. The molecule has 1 amide bonds. The van der Waals surface area contributed by atoms with Crippen molar-refractivity contribution in [1.29, 1.82) is 0 Å². The smallest absolute Gasteiger partial charge is 0.370 e. The van der Waals surface area contributed by atoms with Crippen molar-refractivity contribution in [2.24, 2.45) is 0 Å². The quantitative estimate of drug-likeness (QED) is 0.682. The van der Waals surface area contributed by atoms with Crippen molar-refractivity contribution < 1.29 is 22.7 Å². The first-order chi connectivity index (χ1) is 12.9. The first kappa shape index (κ1) is 19.8.